The summed E-state index contributed by atoms with van der Waals surface area (Å²) in [6.45, 7) is 0.808. The second kappa shape index (κ2) is 9.03. The number of amides is 2. The van der Waals surface area contributed by atoms with Gasteiger partial charge in [0.05, 0.1) is 16.7 Å². The predicted molar refractivity (Wildman–Crippen MR) is 115 cm³/mol. The van der Waals surface area contributed by atoms with E-state index in [-0.39, 0.29) is 11.8 Å². The molecule has 9 nitrogen and oxygen atoms in total. The summed E-state index contributed by atoms with van der Waals surface area (Å²) >= 11 is 0. The smallest absolute Gasteiger partial charge is 0.257 e. The second-order valence-corrected chi connectivity index (χ2v) is 8.61. The van der Waals surface area contributed by atoms with Gasteiger partial charge in [0.15, 0.2) is 0 Å². The normalized spacial score (nSPS) is 21.8. The van der Waals surface area contributed by atoms with E-state index >= 15 is 0 Å². The van der Waals surface area contributed by atoms with Crippen molar-refractivity contribution < 1.29 is 14.1 Å². The lowest BCUT2D eigenvalue weighted by atomic mass is 9.81. The summed E-state index contributed by atoms with van der Waals surface area (Å²) in [5, 5.41) is 9.92. The van der Waals surface area contributed by atoms with Crippen molar-refractivity contribution in [3.63, 3.8) is 0 Å². The summed E-state index contributed by atoms with van der Waals surface area (Å²) in [5.41, 5.74) is 0.667. The van der Waals surface area contributed by atoms with Crippen molar-refractivity contribution in [3.8, 4) is 0 Å². The first-order valence-electron chi connectivity index (χ1n) is 11.0. The van der Waals surface area contributed by atoms with E-state index in [1.54, 1.807) is 19.0 Å². The number of nitrogens with zero attached hydrogens (tertiary/aromatic N) is 4. The lowest BCUT2D eigenvalue weighted by molar-refractivity contribution is -0.130. The fourth-order valence-electron chi connectivity index (χ4n) is 4.81. The van der Waals surface area contributed by atoms with Crippen LogP contribution < -0.4 is 10.6 Å². The van der Waals surface area contributed by atoms with Gasteiger partial charge in [-0.25, -0.2) is 9.97 Å². The number of rotatable bonds is 6. The van der Waals surface area contributed by atoms with Crippen molar-refractivity contribution in [1.29, 1.82) is 0 Å². The van der Waals surface area contributed by atoms with Gasteiger partial charge in [-0.05, 0) is 19.3 Å². The molecule has 2 amide bonds. The van der Waals surface area contributed by atoms with Crippen LogP contribution in [0.5, 0.6) is 0 Å². The standard InChI is InChI=1S/C22H30N6O3/c1-23-20(30)22(11-17-10-18(27-31-17)15-6-4-3-5-7-15)8-9-28(14-22)19(29)16-12-25-21(24-2)26-13-16/h10,12-13,15H,3-9,11,14H2,1-2H3,(H,23,30)(H,24,25,26)/t22-/m0/s1. The summed E-state index contributed by atoms with van der Waals surface area (Å²) in [5.74, 6) is 1.36. The van der Waals surface area contributed by atoms with E-state index in [0.29, 0.717) is 49.1 Å². The monoisotopic (exact) mass is 426 g/mol. The Hall–Kier alpha value is -2.97. The Labute approximate surface area is 182 Å². The zero-order valence-electron chi connectivity index (χ0n) is 18.2. The van der Waals surface area contributed by atoms with E-state index < -0.39 is 5.41 Å². The molecule has 9 heteroatoms. The highest BCUT2D eigenvalue weighted by atomic mass is 16.5. The number of carbonyl (C=O) groups excluding carboxylic acids is 2. The Balaban J connectivity index is 1.49. The first-order chi connectivity index (χ1) is 15.0. The summed E-state index contributed by atoms with van der Waals surface area (Å²) in [7, 11) is 3.35. The topological polar surface area (TPSA) is 113 Å². The first kappa shape index (κ1) is 21.3. The van der Waals surface area contributed by atoms with Crippen LogP contribution in [0.2, 0.25) is 0 Å². The Morgan fingerprint density at radius 1 is 1.19 bits per heavy atom. The molecule has 2 aromatic heterocycles. The van der Waals surface area contributed by atoms with Crippen molar-refractivity contribution in [2.45, 2.75) is 50.9 Å². The molecule has 2 aromatic rings. The van der Waals surface area contributed by atoms with Gasteiger partial charge < -0.3 is 20.1 Å². The Bertz CT molecular complexity index is 922. The number of likely N-dealkylation sites (tertiary alicyclic amines) is 1. The van der Waals surface area contributed by atoms with Crippen LogP contribution in [-0.2, 0) is 11.2 Å². The minimum atomic E-state index is -0.737. The highest BCUT2D eigenvalue weighted by molar-refractivity contribution is 5.95. The highest BCUT2D eigenvalue weighted by Crippen LogP contribution is 2.37. The third-order valence-corrected chi connectivity index (χ3v) is 6.59. The molecule has 166 valence electrons. The third kappa shape index (κ3) is 4.40. The molecule has 1 saturated carbocycles. The minimum absolute atomic E-state index is 0.0832. The van der Waals surface area contributed by atoms with Crippen LogP contribution in [0.4, 0.5) is 5.95 Å². The first-order valence-corrected chi connectivity index (χ1v) is 11.0. The molecule has 0 radical (unpaired) electrons. The van der Waals surface area contributed by atoms with Crippen molar-refractivity contribution in [3.05, 3.63) is 35.5 Å². The van der Waals surface area contributed by atoms with Crippen molar-refractivity contribution in [2.24, 2.45) is 5.41 Å². The van der Waals surface area contributed by atoms with Crippen molar-refractivity contribution >= 4 is 17.8 Å². The van der Waals surface area contributed by atoms with Gasteiger partial charge in [-0.2, -0.15) is 0 Å². The highest BCUT2D eigenvalue weighted by Gasteiger charge is 2.46. The van der Waals surface area contributed by atoms with Crippen molar-refractivity contribution in [1.82, 2.24) is 25.3 Å². The number of aromatic nitrogens is 3. The lowest BCUT2D eigenvalue weighted by Crippen LogP contribution is -2.44. The van der Waals surface area contributed by atoms with Gasteiger partial charge in [-0.1, -0.05) is 24.4 Å². The zero-order chi connectivity index (χ0) is 21.8. The maximum Gasteiger partial charge on any atom is 0.257 e. The Kier molecular flexibility index (Phi) is 6.20. The lowest BCUT2D eigenvalue weighted by Gasteiger charge is -2.26. The van der Waals surface area contributed by atoms with Crippen LogP contribution in [0, 0.1) is 5.41 Å². The molecule has 4 rings (SSSR count). The van der Waals surface area contributed by atoms with Gasteiger partial charge >= 0.3 is 0 Å². The molecule has 2 fully saturated rings. The molecule has 0 unspecified atom stereocenters. The van der Waals surface area contributed by atoms with E-state index in [2.05, 4.69) is 25.8 Å². The zero-order valence-corrected chi connectivity index (χ0v) is 18.2. The van der Waals surface area contributed by atoms with Crippen LogP contribution in [-0.4, -0.2) is 59.0 Å². The Morgan fingerprint density at radius 3 is 2.61 bits per heavy atom. The van der Waals surface area contributed by atoms with E-state index in [9.17, 15) is 9.59 Å². The molecular formula is C22H30N6O3. The maximum atomic E-state index is 13.0. The minimum Gasteiger partial charge on any atom is -0.361 e. The van der Waals surface area contributed by atoms with Gasteiger partial charge in [-0.15, -0.1) is 0 Å². The van der Waals surface area contributed by atoms with Gasteiger partial charge in [0.1, 0.15) is 5.76 Å². The fraction of sp³-hybridized carbons (Fsp3) is 0.591. The molecule has 0 bridgehead atoms. The number of hydrogen-bond donors (Lipinski definition) is 2. The molecule has 1 saturated heterocycles. The van der Waals surface area contributed by atoms with Crippen LogP contribution in [0.1, 0.15) is 66.3 Å². The number of hydrogen-bond acceptors (Lipinski definition) is 7. The molecule has 0 spiro atoms. The average Bonchev–Trinajstić information content (AvgIpc) is 3.47. The number of anilines is 1. The molecule has 1 aliphatic heterocycles. The molecule has 0 aromatic carbocycles. The van der Waals surface area contributed by atoms with Gasteiger partial charge in [0, 0.05) is 58.0 Å². The summed E-state index contributed by atoms with van der Waals surface area (Å²) in [4.78, 5) is 35.8. The summed E-state index contributed by atoms with van der Waals surface area (Å²) < 4.78 is 5.65. The maximum absolute atomic E-state index is 13.0. The number of nitrogens with one attached hydrogen (secondary N) is 2. The fourth-order valence-corrected chi connectivity index (χ4v) is 4.81. The average molecular weight is 427 g/mol. The van der Waals surface area contributed by atoms with Gasteiger partial charge in [0.25, 0.3) is 5.91 Å². The van der Waals surface area contributed by atoms with Crippen molar-refractivity contribution in [2.75, 3.05) is 32.5 Å². The van der Waals surface area contributed by atoms with Crippen LogP contribution in [0.3, 0.4) is 0 Å². The van der Waals surface area contributed by atoms with Crippen LogP contribution >= 0.6 is 0 Å². The number of carbonyl (C=O) groups is 2. The summed E-state index contributed by atoms with van der Waals surface area (Å²) in [6.07, 6.45) is 10.0. The predicted octanol–water partition coefficient (Wildman–Crippen LogP) is 2.38. The van der Waals surface area contributed by atoms with E-state index in [1.807, 2.05) is 6.07 Å². The van der Waals surface area contributed by atoms with Crippen LogP contribution in [0.25, 0.3) is 0 Å². The third-order valence-electron chi connectivity index (χ3n) is 6.59. The molecule has 1 atom stereocenters. The van der Waals surface area contributed by atoms with Gasteiger partial charge in [-0.3, -0.25) is 9.59 Å². The molecular weight excluding hydrogens is 396 g/mol. The molecule has 31 heavy (non-hydrogen) atoms. The molecule has 2 N–H and O–H groups in total. The SMILES string of the molecule is CNC(=O)[C@]1(Cc2cc(C3CCCCC3)no2)CCN(C(=O)c2cnc(NC)nc2)C1. The second-order valence-electron chi connectivity index (χ2n) is 8.61. The largest absolute Gasteiger partial charge is 0.361 e. The van der Waals surface area contributed by atoms with E-state index in [4.69, 9.17) is 4.52 Å². The van der Waals surface area contributed by atoms with E-state index in [1.165, 1.54) is 31.7 Å². The molecule has 3 heterocycles. The van der Waals surface area contributed by atoms with Crippen LogP contribution in [0.15, 0.2) is 23.0 Å². The van der Waals surface area contributed by atoms with Gasteiger partial charge in [0.2, 0.25) is 11.9 Å². The quantitative estimate of drug-likeness (QED) is 0.729. The Morgan fingerprint density at radius 2 is 1.94 bits per heavy atom. The summed E-state index contributed by atoms with van der Waals surface area (Å²) in [6, 6.07) is 2.01. The molecule has 1 aliphatic carbocycles. The van der Waals surface area contributed by atoms with E-state index in [0.717, 1.165) is 18.5 Å². The molecule has 2 aliphatic rings.